The minimum atomic E-state index is -5.08. The highest BCUT2D eigenvalue weighted by molar-refractivity contribution is 5.92. The summed E-state index contributed by atoms with van der Waals surface area (Å²) in [5.41, 5.74) is -2.87. The number of benzene rings is 3. The number of halogens is 9. The van der Waals surface area contributed by atoms with Crippen LogP contribution in [0.15, 0.2) is 84.9 Å². The van der Waals surface area contributed by atoms with E-state index in [1.165, 1.54) is 24.3 Å². The molecule has 0 aliphatic rings. The average molecular weight is 617 g/mol. The number of hydrogen-bond acceptors (Lipinski definition) is 4. The van der Waals surface area contributed by atoms with Gasteiger partial charge in [-0.2, -0.15) is 18.3 Å². The third kappa shape index (κ3) is 8.20. The van der Waals surface area contributed by atoms with Crippen LogP contribution in [0, 0.1) is 0 Å². The van der Waals surface area contributed by atoms with Crippen LogP contribution >= 0.6 is 0 Å². The molecule has 0 unspecified atom stereocenters. The van der Waals surface area contributed by atoms with Gasteiger partial charge in [0.1, 0.15) is 17.2 Å². The molecule has 1 heterocycles. The molecule has 0 spiro atoms. The number of rotatable bonds is 9. The topological polar surface area (TPSA) is 76.2 Å². The lowest BCUT2D eigenvalue weighted by atomic mass is 9.70. The maximum Gasteiger partial charge on any atom is 0.573 e. The van der Waals surface area contributed by atoms with E-state index < -0.39 is 59.7 Å². The summed E-state index contributed by atoms with van der Waals surface area (Å²) in [6.07, 6.45) is -15.1. The summed E-state index contributed by atoms with van der Waals surface area (Å²) in [6, 6.07) is 18.0. The average Bonchev–Trinajstić information content (AvgIpc) is 3.41. The molecule has 6 nitrogen and oxygen atoms in total. The van der Waals surface area contributed by atoms with Gasteiger partial charge in [-0.05, 0) is 47.4 Å². The van der Waals surface area contributed by atoms with Gasteiger partial charge >= 0.3 is 18.9 Å². The molecule has 15 heteroatoms. The quantitative estimate of drug-likeness (QED) is 0.195. The minimum absolute atomic E-state index is 0.0700. The molecule has 0 atom stereocenters. The summed E-state index contributed by atoms with van der Waals surface area (Å²) in [6.45, 7) is -0.514. The molecule has 0 aliphatic carbocycles. The zero-order valence-electron chi connectivity index (χ0n) is 21.6. The number of H-pyrrole nitrogens is 1. The van der Waals surface area contributed by atoms with E-state index in [1.54, 1.807) is 35.4 Å². The fourth-order valence-corrected chi connectivity index (χ4v) is 4.47. The molecule has 4 rings (SSSR count). The minimum Gasteiger partial charge on any atom is -0.406 e. The van der Waals surface area contributed by atoms with Crippen LogP contribution in [0.3, 0.4) is 0 Å². The molecular weight excluding hydrogens is 597 g/mol. The molecule has 228 valence electrons. The summed E-state index contributed by atoms with van der Waals surface area (Å²) in [7, 11) is 0. The highest BCUT2D eigenvalue weighted by atomic mass is 19.4. The Morgan fingerprint density at radius 1 is 0.721 bits per heavy atom. The van der Waals surface area contributed by atoms with Gasteiger partial charge in [-0.3, -0.25) is 9.89 Å². The third-order valence-corrected chi connectivity index (χ3v) is 6.26. The van der Waals surface area contributed by atoms with Crippen molar-refractivity contribution in [1.82, 2.24) is 15.5 Å². The molecule has 0 fully saturated rings. The molecule has 1 amide bonds. The van der Waals surface area contributed by atoms with Crippen molar-refractivity contribution in [3.63, 3.8) is 0 Å². The van der Waals surface area contributed by atoms with E-state index in [0.717, 1.165) is 24.3 Å². The SMILES string of the molecule is O=C(NCC(Cc1ccccc1)(c1cccc(OC(F)(F)F)c1)c1cccc(OC(F)(F)F)c1)c1cc(C(F)(F)F)[nH]n1. The van der Waals surface area contributed by atoms with Crippen LogP contribution in [0.2, 0.25) is 0 Å². The van der Waals surface area contributed by atoms with Crippen molar-refractivity contribution in [3.8, 4) is 11.5 Å². The second-order valence-electron chi connectivity index (χ2n) is 9.24. The third-order valence-electron chi connectivity index (χ3n) is 6.26. The van der Waals surface area contributed by atoms with Crippen molar-refractivity contribution in [3.05, 3.63) is 113 Å². The van der Waals surface area contributed by atoms with Crippen molar-refractivity contribution >= 4 is 5.91 Å². The first-order chi connectivity index (χ1) is 20.0. The van der Waals surface area contributed by atoms with Crippen molar-refractivity contribution in [2.24, 2.45) is 0 Å². The Bertz CT molecular complexity index is 1490. The smallest absolute Gasteiger partial charge is 0.406 e. The first-order valence-electron chi connectivity index (χ1n) is 12.2. The Morgan fingerprint density at radius 2 is 1.26 bits per heavy atom. The van der Waals surface area contributed by atoms with Crippen LogP contribution in [0.1, 0.15) is 32.9 Å². The van der Waals surface area contributed by atoms with Crippen LogP contribution in [-0.4, -0.2) is 35.4 Å². The summed E-state index contributed by atoms with van der Waals surface area (Å²) >= 11 is 0. The number of hydrogen-bond donors (Lipinski definition) is 2. The number of carbonyl (C=O) groups excluding carboxylic acids is 1. The van der Waals surface area contributed by atoms with Gasteiger partial charge in [0, 0.05) is 18.0 Å². The normalized spacial score (nSPS) is 12.6. The molecule has 0 radical (unpaired) electrons. The molecule has 0 bridgehead atoms. The Labute approximate surface area is 237 Å². The number of carbonyl (C=O) groups is 1. The van der Waals surface area contributed by atoms with E-state index in [-0.39, 0.29) is 17.5 Å². The number of nitrogens with one attached hydrogen (secondary N) is 2. The van der Waals surface area contributed by atoms with E-state index in [2.05, 4.69) is 19.9 Å². The van der Waals surface area contributed by atoms with Gasteiger partial charge in [0.05, 0.1) is 0 Å². The summed E-state index contributed by atoms with van der Waals surface area (Å²) in [5, 5.41) is 7.52. The number of aromatic nitrogens is 2. The van der Waals surface area contributed by atoms with Gasteiger partial charge < -0.3 is 14.8 Å². The predicted molar refractivity (Wildman–Crippen MR) is 133 cm³/mol. The molecule has 2 N–H and O–H groups in total. The highest BCUT2D eigenvalue weighted by Crippen LogP contribution is 2.40. The second kappa shape index (κ2) is 11.9. The molecule has 43 heavy (non-hydrogen) atoms. The Morgan fingerprint density at radius 3 is 1.72 bits per heavy atom. The molecule has 1 aromatic heterocycles. The highest BCUT2D eigenvalue weighted by Gasteiger charge is 2.39. The fraction of sp³-hybridized carbons (Fsp3) is 0.214. The van der Waals surface area contributed by atoms with Gasteiger partial charge in [-0.25, -0.2) is 0 Å². The van der Waals surface area contributed by atoms with Crippen LogP contribution in [0.4, 0.5) is 39.5 Å². The van der Waals surface area contributed by atoms with Crippen molar-refractivity contribution < 1.29 is 53.8 Å². The Balaban J connectivity index is 1.86. The van der Waals surface area contributed by atoms with Crippen molar-refractivity contribution in [1.29, 1.82) is 0 Å². The van der Waals surface area contributed by atoms with Gasteiger partial charge in [0.2, 0.25) is 0 Å². The van der Waals surface area contributed by atoms with E-state index in [1.807, 2.05) is 0 Å². The van der Waals surface area contributed by atoms with E-state index in [9.17, 15) is 44.3 Å². The maximum absolute atomic E-state index is 13.1. The molecule has 0 saturated carbocycles. The zero-order chi connectivity index (χ0) is 31.5. The lowest BCUT2D eigenvalue weighted by Crippen LogP contribution is -2.43. The van der Waals surface area contributed by atoms with Gasteiger partial charge in [0.15, 0.2) is 5.69 Å². The summed E-state index contributed by atoms with van der Waals surface area (Å²) in [5.74, 6) is -2.40. The summed E-state index contributed by atoms with van der Waals surface area (Å²) in [4.78, 5) is 12.9. The number of amides is 1. The maximum atomic E-state index is 13.1. The monoisotopic (exact) mass is 617 g/mol. The van der Waals surface area contributed by atoms with E-state index >= 15 is 0 Å². The standard InChI is InChI=1S/C28H20F9N3O3/c29-26(30,31)23-14-22(39-40-23)24(41)38-16-25(15-17-6-2-1-3-7-17,18-8-4-10-20(12-18)42-27(32,33)34)19-9-5-11-21(13-19)43-28(35,36)37/h1-14H,15-16H2,(H,38,41)(H,39,40). The van der Waals surface area contributed by atoms with Crippen LogP contribution in [0.5, 0.6) is 11.5 Å². The zero-order valence-corrected chi connectivity index (χ0v) is 21.6. The number of aromatic amines is 1. The van der Waals surface area contributed by atoms with E-state index in [0.29, 0.717) is 11.6 Å². The molecule has 3 aromatic carbocycles. The van der Waals surface area contributed by atoms with Gasteiger partial charge in [-0.15, -0.1) is 26.3 Å². The largest absolute Gasteiger partial charge is 0.573 e. The van der Waals surface area contributed by atoms with Crippen molar-refractivity contribution in [2.45, 2.75) is 30.7 Å². The summed E-state index contributed by atoms with van der Waals surface area (Å²) < 4.78 is 126. The van der Waals surface area contributed by atoms with Crippen LogP contribution in [-0.2, 0) is 18.0 Å². The first kappa shape index (κ1) is 31.3. The molecular formula is C28H20F9N3O3. The number of alkyl halides is 9. The lowest BCUT2D eigenvalue weighted by molar-refractivity contribution is -0.275. The number of ether oxygens (including phenoxy) is 2. The Kier molecular flexibility index (Phi) is 8.64. The fourth-order valence-electron chi connectivity index (χ4n) is 4.47. The lowest BCUT2D eigenvalue weighted by Gasteiger charge is -2.36. The molecule has 0 saturated heterocycles. The second-order valence-corrected chi connectivity index (χ2v) is 9.24. The van der Waals surface area contributed by atoms with Crippen LogP contribution < -0.4 is 14.8 Å². The Hall–Kier alpha value is -4.69. The molecule has 4 aromatic rings. The van der Waals surface area contributed by atoms with Crippen molar-refractivity contribution in [2.75, 3.05) is 6.54 Å². The number of nitrogens with zero attached hydrogens (tertiary/aromatic N) is 1. The van der Waals surface area contributed by atoms with Gasteiger partial charge in [-0.1, -0.05) is 54.6 Å². The molecule has 0 aliphatic heterocycles. The van der Waals surface area contributed by atoms with Crippen LogP contribution in [0.25, 0.3) is 0 Å². The van der Waals surface area contributed by atoms with E-state index in [4.69, 9.17) is 0 Å². The first-order valence-corrected chi connectivity index (χ1v) is 12.2. The van der Waals surface area contributed by atoms with Gasteiger partial charge in [0.25, 0.3) is 5.91 Å². The predicted octanol–water partition coefficient (Wildman–Crippen LogP) is 7.18.